The average Bonchev–Trinajstić information content (AvgIpc) is 3.04. The van der Waals surface area contributed by atoms with Crippen molar-refractivity contribution < 1.29 is 13.2 Å². The number of nitrogens with one attached hydrogen (secondary N) is 2. The number of halogens is 3. The molecule has 1 aromatic heterocycles. The molecule has 0 aliphatic heterocycles. The Morgan fingerprint density at radius 1 is 1.26 bits per heavy atom. The van der Waals surface area contributed by atoms with Gasteiger partial charge in [-0.3, -0.25) is 4.68 Å². The standard InChI is InChI=1S/C19H26F3N5/c1-4-23-18(25-13-17-9-11-26-27(17)3)24-10-8-14(2)15-6-5-7-16(12-15)19(20,21)22/h5-7,9,11-12,14H,4,8,10,13H2,1-3H3,(H2,23,24,25). The first kappa shape index (κ1) is 20.8. The van der Waals surface area contributed by atoms with E-state index >= 15 is 0 Å². The second-order valence-electron chi connectivity index (χ2n) is 6.38. The molecule has 2 rings (SSSR count). The Morgan fingerprint density at radius 3 is 2.67 bits per heavy atom. The molecule has 1 heterocycles. The number of alkyl halides is 3. The SMILES string of the molecule is CCNC(=NCc1ccnn1C)NCCC(C)c1cccc(C(F)(F)F)c1. The van der Waals surface area contributed by atoms with Crippen LogP contribution >= 0.6 is 0 Å². The summed E-state index contributed by atoms with van der Waals surface area (Å²) in [5.74, 6) is 0.676. The zero-order valence-corrected chi connectivity index (χ0v) is 15.8. The molecule has 1 aromatic carbocycles. The Hall–Kier alpha value is -2.51. The van der Waals surface area contributed by atoms with E-state index in [0.717, 1.165) is 18.3 Å². The smallest absolute Gasteiger partial charge is 0.357 e. The number of benzene rings is 1. The molecule has 0 bridgehead atoms. The molecule has 1 unspecified atom stereocenters. The predicted octanol–water partition coefficient (Wildman–Crippen LogP) is 3.69. The second kappa shape index (κ2) is 9.43. The first-order valence-electron chi connectivity index (χ1n) is 8.97. The molecule has 2 N–H and O–H groups in total. The maximum atomic E-state index is 12.9. The van der Waals surface area contributed by atoms with Crippen LogP contribution in [-0.2, 0) is 19.8 Å². The molecule has 0 saturated carbocycles. The van der Waals surface area contributed by atoms with Gasteiger partial charge >= 0.3 is 6.18 Å². The maximum absolute atomic E-state index is 12.9. The lowest BCUT2D eigenvalue weighted by atomic mass is 9.96. The molecule has 148 valence electrons. The van der Waals surface area contributed by atoms with Gasteiger partial charge in [0.05, 0.1) is 17.8 Å². The second-order valence-corrected chi connectivity index (χ2v) is 6.38. The van der Waals surface area contributed by atoms with Crippen LogP contribution in [-0.4, -0.2) is 28.8 Å². The molecule has 1 atom stereocenters. The highest BCUT2D eigenvalue weighted by molar-refractivity contribution is 5.79. The molecule has 0 spiro atoms. The van der Waals surface area contributed by atoms with E-state index in [2.05, 4.69) is 20.7 Å². The van der Waals surface area contributed by atoms with E-state index in [9.17, 15) is 13.2 Å². The summed E-state index contributed by atoms with van der Waals surface area (Å²) in [7, 11) is 1.86. The topological polar surface area (TPSA) is 54.2 Å². The first-order valence-corrected chi connectivity index (χ1v) is 8.97. The minimum Gasteiger partial charge on any atom is -0.357 e. The summed E-state index contributed by atoms with van der Waals surface area (Å²) in [5.41, 5.74) is 1.07. The molecule has 0 amide bonds. The van der Waals surface area contributed by atoms with Gasteiger partial charge in [0.2, 0.25) is 0 Å². The lowest BCUT2D eigenvalue weighted by Gasteiger charge is -2.16. The lowest BCUT2D eigenvalue weighted by molar-refractivity contribution is -0.137. The van der Waals surface area contributed by atoms with Crippen LogP contribution in [0.15, 0.2) is 41.5 Å². The molecule has 0 fully saturated rings. The van der Waals surface area contributed by atoms with E-state index in [1.165, 1.54) is 12.1 Å². The molecular formula is C19H26F3N5. The van der Waals surface area contributed by atoms with Crippen molar-refractivity contribution in [1.29, 1.82) is 0 Å². The Kier molecular flexibility index (Phi) is 7.27. The molecule has 0 aliphatic rings. The quantitative estimate of drug-likeness (QED) is 0.568. The van der Waals surface area contributed by atoms with Crippen LogP contribution in [0, 0.1) is 0 Å². The fourth-order valence-electron chi connectivity index (χ4n) is 2.65. The molecule has 0 aliphatic carbocycles. The number of rotatable bonds is 7. The number of aliphatic imine (C=N–C) groups is 1. The van der Waals surface area contributed by atoms with Gasteiger partial charge in [0.15, 0.2) is 5.96 Å². The third kappa shape index (κ3) is 6.30. The minimum absolute atomic E-state index is 0.000231. The summed E-state index contributed by atoms with van der Waals surface area (Å²) in [6, 6.07) is 7.43. The lowest BCUT2D eigenvalue weighted by Crippen LogP contribution is -2.38. The zero-order valence-electron chi connectivity index (χ0n) is 15.8. The molecule has 0 radical (unpaired) electrons. The summed E-state index contributed by atoms with van der Waals surface area (Å²) in [6.07, 6.45) is -1.90. The summed E-state index contributed by atoms with van der Waals surface area (Å²) in [5, 5.41) is 10.5. The minimum atomic E-state index is -4.31. The summed E-state index contributed by atoms with van der Waals surface area (Å²) >= 11 is 0. The van der Waals surface area contributed by atoms with Gasteiger partial charge in [-0.1, -0.05) is 25.1 Å². The van der Waals surface area contributed by atoms with Crippen molar-refractivity contribution in [3.05, 3.63) is 53.3 Å². The van der Waals surface area contributed by atoms with Crippen molar-refractivity contribution in [2.75, 3.05) is 13.1 Å². The van der Waals surface area contributed by atoms with Crippen LogP contribution in [0.25, 0.3) is 0 Å². The van der Waals surface area contributed by atoms with E-state index in [-0.39, 0.29) is 5.92 Å². The predicted molar refractivity (Wildman–Crippen MR) is 101 cm³/mol. The van der Waals surface area contributed by atoms with Crippen LogP contribution in [0.1, 0.15) is 43.0 Å². The fourth-order valence-corrected chi connectivity index (χ4v) is 2.65. The van der Waals surface area contributed by atoms with Gasteiger partial charge in [-0.05, 0) is 37.0 Å². The highest BCUT2D eigenvalue weighted by atomic mass is 19.4. The van der Waals surface area contributed by atoms with Gasteiger partial charge in [0.25, 0.3) is 0 Å². The number of hydrogen-bond acceptors (Lipinski definition) is 2. The third-order valence-electron chi connectivity index (χ3n) is 4.32. The normalized spacial score (nSPS) is 13.5. The molecule has 5 nitrogen and oxygen atoms in total. The van der Waals surface area contributed by atoms with E-state index in [0.29, 0.717) is 31.0 Å². The summed E-state index contributed by atoms with van der Waals surface area (Å²) < 4.78 is 40.3. The van der Waals surface area contributed by atoms with Gasteiger partial charge in [-0.25, -0.2) is 4.99 Å². The van der Waals surface area contributed by atoms with E-state index in [1.807, 2.05) is 27.0 Å². The molecular weight excluding hydrogens is 355 g/mol. The molecule has 27 heavy (non-hydrogen) atoms. The van der Waals surface area contributed by atoms with Crippen LogP contribution in [0.5, 0.6) is 0 Å². The Balaban J connectivity index is 1.91. The van der Waals surface area contributed by atoms with E-state index in [4.69, 9.17) is 0 Å². The van der Waals surface area contributed by atoms with Crippen molar-refractivity contribution in [2.24, 2.45) is 12.0 Å². The first-order chi connectivity index (χ1) is 12.8. The van der Waals surface area contributed by atoms with Crippen molar-refractivity contribution in [3.8, 4) is 0 Å². The van der Waals surface area contributed by atoms with Crippen LogP contribution in [0.3, 0.4) is 0 Å². The van der Waals surface area contributed by atoms with Gasteiger partial charge in [0, 0.05) is 26.3 Å². The third-order valence-corrected chi connectivity index (χ3v) is 4.32. The highest BCUT2D eigenvalue weighted by Crippen LogP contribution is 2.31. The van der Waals surface area contributed by atoms with Gasteiger partial charge in [-0.15, -0.1) is 0 Å². The van der Waals surface area contributed by atoms with Crippen molar-refractivity contribution in [2.45, 2.75) is 38.9 Å². The van der Waals surface area contributed by atoms with Gasteiger partial charge < -0.3 is 10.6 Å². The molecule has 2 aromatic rings. The number of hydrogen-bond donors (Lipinski definition) is 2. The van der Waals surface area contributed by atoms with Gasteiger partial charge in [-0.2, -0.15) is 18.3 Å². The van der Waals surface area contributed by atoms with E-state index < -0.39 is 11.7 Å². The van der Waals surface area contributed by atoms with E-state index in [1.54, 1.807) is 16.9 Å². The molecule has 8 heteroatoms. The monoisotopic (exact) mass is 381 g/mol. The van der Waals surface area contributed by atoms with Crippen LogP contribution in [0.2, 0.25) is 0 Å². The summed E-state index contributed by atoms with van der Waals surface area (Å²) in [4.78, 5) is 4.52. The average molecular weight is 381 g/mol. The summed E-state index contributed by atoms with van der Waals surface area (Å²) in [6.45, 7) is 5.73. The van der Waals surface area contributed by atoms with Crippen molar-refractivity contribution in [3.63, 3.8) is 0 Å². The zero-order chi connectivity index (χ0) is 19.9. The maximum Gasteiger partial charge on any atom is 0.416 e. The van der Waals surface area contributed by atoms with Crippen molar-refractivity contribution in [1.82, 2.24) is 20.4 Å². The van der Waals surface area contributed by atoms with Crippen LogP contribution in [0.4, 0.5) is 13.2 Å². The Bertz CT molecular complexity index is 752. The molecule has 0 saturated heterocycles. The highest BCUT2D eigenvalue weighted by Gasteiger charge is 2.30. The fraction of sp³-hybridized carbons (Fsp3) is 0.474. The number of guanidine groups is 1. The number of nitrogens with zero attached hydrogens (tertiary/aromatic N) is 3. The Morgan fingerprint density at radius 2 is 2.04 bits per heavy atom. The number of aryl methyl sites for hydroxylation is 1. The van der Waals surface area contributed by atoms with Crippen LogP contribution < -0.4 is 10.6 Å². The van der Waals surface area contributed by atoms with Gasteiger partial charge in [0.1, 0.15) is 0 Å². The number of aromatic nitrogens is 2. The Labute approximate surface area is 157 Å². The van der Waals surface area contributed by atoms with Crippen molar-refractivity contribution >= 4 is 5.96 Å². The largest absolute Gasteiger partial charge is 0.416 e.